The van der Waals surface area contributed by atoms with Gasteiger partial charge in [0.2, 0.25) is 5.91 Å². The molecular weight excluding hydrogens is 252 g/mol. The first kappa shape index (κ1) is 15.3. The van der Waals surface area contributed by atoms with Gasteiger partial charge in [-0.3, -0.25) is 4.79 Å². The fourth-order valence-electron chi connectivity index (χ4n) is 2.14. The lowest BCUT2D eigenvalue weighted by molar-refractivity contribution is -0.148. The molecule has 1 atom stereocenters. The monoisotopic (exact) mass is 274 g/mol. The smallest absolute Gasteiger partial charge is 0.330 e. The molecule has 0 bridgehead atoms. The summed E-state index contributed by atoms with van der Waals surface area (Å²) < 4.78 is 4.51. The number of nitrogens with zero attached hydrogens (tertiary/aromatic N) is 1. The van der Waals surface area contributed by atoms with Crippen LogP contribution in [0.25, 0.3) is 0 Å². The number of thiol groups is 1. The molecule has 1 fully saturated rings. The third kappa shape index (κ3) is 3.88. The third-order valence-electron chi connectivity index (χ3n) is 3.26. The number of hydrogen-bond acceptors (Lipinski definition) is 5. The summed E-state index contributed by atoms with van der Waals surface area (Å²) in [6.07, 6.45) is 1.49. The van der Waals surface area contributed by atoms with Crippen LogP contribution in [-0.2, 0) is 14.3 Å². The first-order valence-corrected chi connectivity index (χ1v) is 6.68. The molecule has 1 N–H and O–H groups in total. The Hall–Kier alpha value is -0.750. The van der Waals surface area contributed by atoms with Crippen molar-refractivity contribution in [2.75, 3.05) is 26.7 Å². The largest absolute Gasteiger partial charge is 0.464 e. The molecule has 0 aliphatic carbocycles. The van der Waals surface area contributed by atoms with Gasteiger partial charge < -0.3 is 15.0 Å². The van der Waals surface area contributed by atoms with Crippen LogP contribution in [0.5, 0.6) is 0 Å². The van der Waals surface area contributed by atoms with Crippen molar-refractivity contribution < 1.29 is 14.3 Å². The van der Waals surface area contributed by atoms with Crippen molar-refractivity contribution in [2.24, 2.45) is 0 Å². The van der Waals surface area contributed by atoms with E-state index in [0.29, 0.717) is 6.61 Å². The summed E-state index contributed by atoms with van der Waals surface area (Å²) in [5.74, 6) is -0.632. The molecule has 0 spiro atoms. The Balaban J connectivity index is 2.80. The van der Waals surface area contributed by atoms with E-state index in [0.717, 1.165) is 25.9 Å². The Bertz CT molecular complexity index is 314. The summed E-state index contributed by atoms with van der Waals surface area (Å²) in [6, 6.07) is -0.674. The highest BCUT2D eigenvalue weighted by atomic mass is 32.1. The first-order chi connectivity index (χ1) is 8.39. The molecule has 0 aromatic heterocycles. The van der Waals surface area contributed by atoms with Crippen LogP contribution in [0.15, 0.2) is 0 Å². The molecule has 18 heavy (non-hydrogen) atoms. The van der Waals surface area contributed by atoms with Crippen LogP contribution in [0.2, 0.25) is 0 Å². The minimum Gasteiger partial charge on any atom is -0.464 e. The van der Waals surface area contributed by atoms with Gasteiger partial charge in [0, 0.05) is 11.7 Å². The average molecular weight is 274 g/mol. The second-order valence-corrected chi connectivity index (χ2v) is 5.68. The maximum absolute atomic E-state index is 12.0. The van der Waals surface area contributed by atoms with Crippen molar-refractivity contribution in [3.05, 3.63) is 0 Å². The zero-order valence-electron chi connectivity index (χ0n) is 11.2. The van der Waals surface area contributed by atoms with E-state index >= 15 is 0 Å². The highest BCUT2D eigenvalue weighted by molar-refractivity contribution is 7.82. The Morgan fingerprint density at radius 2 is 2.00 bits per heavy atom. The molecule has 5 nitrogen and oxygen atoms in total. The van der Waals surface area contributed by atoms with Crippen LogP contribution >= 0.6 is 12.6 Å². The van der Waals surface area contributed by atoms with Crippen LogP contribution in [0.4, 0.5) is 0 Å². The second kappa shape index (κ2) is 6.43. The Labute approximate surface area is 114 Å². The number of likely N-dealkylation sites (tertiary alicyclic amines) is 1. The lowest BCUT2D eigenvalue weighted by Gasteiger charge is -2.41. The van der Waals surface area contributed by atoms with E-state index in [4.69, 9.17) is 4.74 Å². The molecule has 0 aromatic carbocycles. The highest BCUT2D eigenvalue weighted by Gasteiger charge is 2.43. The molecule has 1 saturated heterocycles. The quantitative estimate of drug-likeness (QED) is 0.577. The Morgan fingerprint density at radius 3 is 2.44 bits per heavy atom. The summed E-state index contributed by atoms with van der Waals surface area (Å²) in [5.41, 5.74) is 0. The predicted octanol–water partition coefficient (Wildman–Crippen LogP) is 0.448. The molecule has 1 rings (SSSR count). The summed E-state index contributed by atoms with van der Waals surface area (Å²) >= 11 is 4.65. The van der Waals surface area contributed by atoms with Gasteiger partial charge in [-0.1, -0.05) is 0 Å². The topological polar surface area (TPSA) is 58.6 Å². The van der Waals surface area contributed by atoms with E-state index in [-0.39, 0.29) is 5.91 Å². The van der Waals surface area contributed by atoms with E-state index in [2.05, 4.69) is 22.8 Å². The molecule has 1 amide bonds. The number of ether oxygens (including phenoxy) is 1. The van der Waals surface area contributed by atoms with Gasteiger partial charge in [-0.25, -0.2) is 4.79 Å². The van der Waals surface area contributed by atoms with Crippen LogP contribution in [0, 0.1) is 0 Å². The predicted molar refractivity (Wildman–Crippen MR) is 72.7 cm³/mol. The van der Waals surface area contributed by atoms with Crippen LogP contribution in [0.3, 0.4) is 0 Å². The van der Waals surface area contributed by atoms with Gasteiger partial charge in [0.1, 0.15) is 6.04 Å². The number of rotatable bonds is 4. The van der Waals surface area contributed by atoms with Gasteiger partial charge in [0.15, 0.2) is 0 Å². The molecule has 1 aliphatic heterocycles. The van der Waals surface area contributed by atoms with Gasteiger partial charge in [-0.15, -0.1) is 0 Å². The fraction of sp³-hybridized carbons (Fsp3) is 0.833. The van der Waals surface area contributed by atoms with Crippen molar-refractivity contribution in [3.63, 3.8) is 0 Å². The van der Waals surface area contributed by atoms with Crippen LogP contribution < -0.4 is 5.32 Å². The van der Waals surface area contributed by atoms with E-state index in [9.17, 15) is 9.59 Å². The highest BCUT2D eigenvalue weighted by Crippen LogP contribution is 2.32. The molecule has 0 aromatic rings. The lowest BCUT2D eigenvalue weighted by Crippen LogP contribution is -2.58. The molecule has 1 heterocycles. The van der Waals surface area contributed by atoms with Gasteiger partial charge in [-0.05, 0) is 39.9 Å². The fourth-order valence-corrected chi connectivity index (χ4v) is 2.51. The molecule has 6 heteroatoms. The zero-order chi connectivity index (χ0) is 13.8. The first-order valence-electron chi connectivity index (χ1n) is 6.23. The normalized spacial score (nSPS) is 21.1. The van der Waals surface area contributed by atoms with Crippen LogP contribution in [0.1, 0.15) is 26.7 Å². The average Bonchev–Trinajstić information content (AvgIpc) is 2.30. The Morgan fingerprint density at radius 1 is 1.44 bits per heavy atom. The van der Waals surface area contributed by atoms with Gasteiger partial charge in [0.25, 0.3) is 0 Å². The lowest BCUT2D eigenvalue weighted by atomic mass is 9.88. The van der Waals surface area contributed by atoms with Gasteiger partial charge in [-0.2, -0.15) is 12.6 Å². The summed E-state index contributed by atoms with van der Waals surface area (Å²) in [4.78, 5) is 25.4. The van der Waals surface area contributed by atoms with Gasteiger partial charge >= 0.3 is 5.97 Å². The van der Waals surface area contributed by atoms with Crippen molar-refractivity contribution >= 4 is 24.5 Å². The number of amides is 1. The van der Waals surface area contributed by atoms with E-state index < -0.39 is 16.8 Å². The summed E-state index contributed by atoms with van der Waals surface area (Å²) in [6.45, 7) is 5.18. The van der Waals surface area contributed by atoms with Crippen LogP contribution in [-0.4, -0.2) is 54.3 Å². The molecular formula is C12H22N2O3S. The minimum atomic E-state index is -0.674. The number of esters is 1. The minimum absolute atomic E-state index is 0.236. The van der Waals surface area contributed by atoms with Crippen molar-refractivity contribution in [1.82, 2.24) is 10.2 Å². The SMILES string of the molecule is CCOC(=O)C(NC(C)=O)C1(S)CCN(C)CC1. The maximum Gasteiger partial charge on any atom is 0.330 e. The number of piperidine rings is 1. The van der Waals surface area contributed by atoms with E-state index in [1.165, 1.54) is 6.92 Å². The van der Waals surface area contributed by atoms with Crippen molar-refractivity contribution in [1.29, 1.82) is 0 Å². The molecule has 1 unspecified atom stereocenters. The summed E-state index contributed by atoms with van der Waals surface area (Å²) in [5, 5.41) is 2.68. The number of carbonyl (C=O) groups is 2. The number of hydrogen-bond donors (Lipinski definition) is 2. The maximum atomic E-state index is 12.0. The third-order valence-corrected chi connectivity index (χ3v) is 3.97. The number of nitrogens with one attached hydrogen (secondary N) is 1. The molecule has 104 valence electrons. The van der Waals surface area contributed by atoms with Crippen molar-refractivity contribution in [3.8, 4) is 0 Å². The summed E-state index contributed by atoms with van der Waals surface area (Å²) in [7, 11) is 2.03. The van der Waals surface area contributed by atoms with Gasteiger partial charge in [0.05, 0.1) is 6.61 Å². The molecule has 0 radical (unpaired) electrons. The zero-order valence-corrected chi connectivity index (χ0v) is 12.1. The number of carbonyl (C=O) groups excluding carboxylic acids is 2. The second-order valence-electron chi connectivity index (χ2n) is 4.79. The standard InChI is InChI=1S/C12H22N2O3S/c1-4-17-11(16)10(13-9(2)15)12(18)5-7-14(3)8-6-12/h10,18H,4-8H2,1-3H3,(H,13,15). The van der Waals surface area contributed by atoms with Crippen molar-refractivity contribution in [2.45, 2.75) is 37.5 Å². The molecule has 1 aliphatic rings. The van der Waals surface area contributed by atoms with E-state index in [1.54, 1.807) is 6.92 Å². The molecule has 0 saturated carbocycles. The van der Waals surface area contributed by atoms with E-state index in [1.807, 2.05) is 7.05 Å². The Kier molecular flexibility index (Phi) is 5.47.